The van der Waals surface area contributed by atoms with Gasteiger partial charge in [-0.3, -0.25) is 4.72 Å². The van der Waals surface area contributed by atoms with Gasteiger partial charge in [-0.1, -0.05) is 40.9 Å². The maximum atomic E-state index is 13.6. The predicted molar refractivity (Wildman–Crippen MR) is 78.7 cm³/mol. The second kappa shape index (κ2) is 5.77. The number of halogens is 4. The normalized spacial score (nSPS) is 11.4. The van der Waals surface area contributed by atoms with Crippen LogP contribution in [0.25, 0.3) is 0 Å². The smallest absolute Gasteiger partial charge is 0.263 e. The van der Waals surface area contributed by atoms with Crippen molar-refractivity contribution < 1.29 is 12.8 Å². The molecule has 3 nitrogen and oxygen atoms in total. The molecule has 20 heavy (non-hydrogen) atoms. The van der Waals surface area contributed by atoms with Crippen molar-refractivity contribution in [2.45, 2.75) is 4.90 Å². The zero-order valence-electron chi connectivity index (χ0n) is 9.70. The minimum Gasteiger partial charge on any atom is -0.277 e. The van der Waals surface area contributed by atoms with Crippen LogP contribution >= 0.6 is 34.8 Å². The maximum absolute atomic E-state index is 13.6. The van der Waals surface area contributed by atoms with Gasteiger partial charge in [0.25, 0.3) is 10.0 Å². The van der Waals surface area contributed by atoms with Crippen molar-refractivity contribution >= 4 is 50.5 Å². The van der Waals surface area contributed by atoms with Gasteiger partial charge >= 0.3 is 0 Å². The number of benzene rings is 2. The largest absolute Gasteiger partial charge is 0.277 e. The molecule has 8 heteroatoms. The Labute approximate surface area is 130 Å². The van der Waals surface area contributed by atoms with Gasteiger partial charge in [0, 0.05) is 5.02 Å². The van der Waals surface area contributed by atoms with Crippen LogP contribution in [0.2, 0.25) is 15.1 Å². The molecule has 106 valence electrons. The Morgan fingerprint density at radius 1 is 1.05 bits per heavy atom. The van der Waals surface area contributed by atoms with Crippen LogP contribution < -0.4 is 4.72 Å². The highest BCUT2D eigenvalue weighted by Crippen LogP contribution is 2.30. The SMILES string of the molecule is O=S(=O)(Nc1ccc(Cl)cc1F)c1cccc(Cl)c1Cl. The van der Waals surface area contributed by atoms with Crippen LogP contribution in [0.5, 0.6) is 0 Å². The number of hydrogen-bond donors (Lipinski definition) is 1. The zero-order valence-corrected chi connectivity index (χ0v) is 12.8. The maximum Gasteiger partial charge on any atom is 0.263 e. The van der Waals surface area contributed by atoms with Gasteiger partial charge in [0.1, 0.15) is 10.7 Å². The van der Waals surface area contributed by atoms with Crippen LogP contribution in [0.15, 0.2) is 41.3 Å². The molecule has 0 spiro atoms. The van der Waals surface area contributed by atoms with Crippen molar-refractivity contribution in [1.29, 1.82) is 0 Å². The van der Waals surface area contributed by atoms with Crippen LogP contribution in [0, 0.1) is 5.82 Å². The Bertz CT molecular complexity index is 765. The number of rotatable bonds is 3. The van der Waals surface area contributed by atoms with E-state index in [9.17, 15) is 12.8 Å². The minimum absolute atomic E-state index is 0.0890. The third kappa shape index (κ3) is 3.17. The first kappa shape index (κ1) is 15.4. The Kier molecular flexibility index (Phi) is 4.44. The van der Waals surface area contributed by atoms with Crippen LogP contribution in [0.4, 0.5) is 10.1 Å². The number of hydrogen-bond acceptors (Lipinski definition) is 2. The molecule has 0 aromatic heterocycles. The second-order valence-corrected chi connectivity index (χ2v) is 6.65. The fourth-order valence-electron chi connectivity index (χ4n) is 1.46. The molecule has 0 aliphatic carbocycles. The van der Waals surface area contributed by atoms with E-state index in [0.717, 1.165) is 6.07 Å². The van der Waals surface area contributed by atoms with Crippen molar-refractivity contribution in [1.82, 2.24) is 0 Å². The van der Waals surface area contributed by atoms with E-state index in [4.69, 9.17) is 34.8 Å². The average molecular weight is 355 g/mol. The van der Waals surface area contributed by atoms with Crippen molar-refractivity contribution in [2.75, 3.05) is 4.72 Å². The summed E-state index contributed by atoms with van der Waals surface area (Å²) < 4.78 is 40.0. The van der Waals surface area contributed by atoms with Gasteiger partial charge in [-0.2, -0.15) is 0 Å². The molecule has 2 aromatic carbocycles. The first-order valence-corrected chi connectivity index (χ1v) is 7.85. The van der Waals surface area contributed by atoms with E-state index < -0.39 is 15.8 Å². The summed E-state index contributed by atoms with van der Waals surface area (Å²) in [5.41, 5.74) is -0.231. The molecular weight excluding hydrogens is 348 g/mol. The molecule has 0 saturated carbocycles. The minimum atomic E-state index is -4.05. The molecule has 0 bridgehead atoms. The van der Waals surface area contributed by atoms with E-state index in [1.165, 1.54) is 30.3 Å². The fraction of sp³-hybridized carbons (Fsp3) is 0. The monoisotopic (exact) mass is 353 g/mol. The van der Waals surface area contributed by atoms with Gasteiger partial charge < -0.3 is 0 Å². The van der Waals surface area contributed by atoms with E-state index in [2.05, 4.69) is 4.72 Å². The van der Waals surface area contributed by atoms with Gasteiger partial charge in [0.2, 0.25) is 0 Å². The molecule has 0 aliphatic rings. The van der Waals surface area contributed by atoms with Crippen molar-refractivity contribution in [2.24, 2.45) is 0 Å². The van der Waals surface area contributed by atoms with E-state index >= 15 is 0 Å². The van der Waals surface area contributed by atoms with Crippen LogP contribution in [-0.4, -0.2) is 8.42 Å². The molecule has 0 fully saturated rings. The highest BCUT2D eigenvalue weighted by Gasteiger charge is 2.20. The molecule has 2 rings (SSSR count). The van der Waals surface area contributed by atoms with Gasteiger partial charge in [0.05, 0.1) is 15.7 Å². The molecule has 2 aromatic rings. The van der Waals surface area contributed by atoms with E-state index in [1.54, 1.807) is 0 Å². The summed E-state index contributed by atoms with van der Waals surface area (Å²) in [4.78, 5) is -0.235. The van der Waals surface area contributed by atoms with Crippen molar-refractivity contribution in [3.05, 3.63) is 57.3 Å². The highest BCUT2D eigenvalue weighted by molar-refractivity contribution is 7.92. The van der Waals surface area contributed by atoms with Crippen LogP contribution in [-0.2, 0) is 10.0 Å². The van der Waals surface area contributed by atoms with Gasteiger partial charge in [0.15, 0.2) is 0 Å². The summed E-state index contributed by atoms with van der Waals surface area (Å²) in [5.74, 6) is -0.792. The lowest BCUT2D eigenvalue weighted by Gasteiger charge is -2.11. The van der Waals surface area contributed by atoms with Crippen LogP contribution in [0.3, 0.4) is 0 Å². The topological polar surface area (TPSA) is 46.2 Å². The summed E-state index contributed by atoms with van der Waals surface area (Å²) in [6.07, 6.45) is 0. The van der Waals surface area contributed by atoms with E-state index in [1.807, 2.05) is 0 Å². The standard InChI is InChI=1S/C12H7Cl3FNO2S/c13-7-4-5-10(9(16)6-7)17-20(18,19)11-3-1-2-8(14)12(11)15/h1-6,17H. The van der Waals surface area contributed by atoms with Crippen molar-refractivity contribution in [3.8, 4) is 0 Å². The summed E-state index contributed by atoms with van der Waals surface area (Å²) in [7, 11) is -4.05. The first-order valence-electron chi connectivity index (χ1n) is 5.23. The summed E-state index contributed by atoms with van der Waals surface area (Å²) in [6.45, 7) is 0. The summed E-state index contributed by atoms with van der Waals surface area (Å²) in [6, 6.07) is 7.73. The molecule has 0 aliphatic heterocycles. The number of anilines is 1. The van der Waals surface area contributed by atoms with Crippen molar-refractivity contribution in [3.63, 3.8) is 0 Å². The van der Waals surface area contributed by atoms with Gasteiger partial charge in [-0.05, 0) is 30.3 Å². The summed E-state index contributed by atoms with van der Waals surface area (Å²) >= 11 is 17.2. The molecule has 1 N–H and O–H groups in total. The summed E-state index contributed by atoms with van der Waals surface area (Å²) in [5, 5.41) is 0.119. The molecule has 0 radical (unpaired) electrons. The predicted octanol–water partition coefficient (Wildman–Crippen LogP) is 4.59. The molecule has 0 heterocycles. The molecule has 0 amide bonds. The van der Waals surface area contributed by atoms with Gasteiger partial charge in [-0.15, -0.1) is 0 Å². The molecule has 0 saturated heterocycles. The molecule has 0 atom stereocenters. The fourth-order valence-corrected chi connectivity index (χ4v) is 3.45. The van der Waals surface area contributed by atoms with E-state index in [-0.39, 0.29) is 25.7 Å². The van der Waals surface area contributed by atoms with E-state index in [0.29, 0.717) is 0 Å². The Morgan fingerprint density at radius 2 is 1.75 bits per heavy atom. The zero-order chi connectivity index (χ0) is 14.9. The number of sulfonamides is 1. The third-order valence-electron chi connectivity index (χ3n) is 2.38. The quantitative estimate of drug-likeness (QED) is 0.876. The first-order chi connectivity index (χ1) is 9.31. The van der Waals surface area contributed by atoms with Crippen LogP contribution in [0.1, 0.15) is 0 Å². The molecule has 0 unspecified atom stereocenters. The lowest BCUT2D eigenvalue weighted by molar-refractivity contribution is 0.598. The second-order valence-electron chi connectivity index (χ2n) is 3.78. The Morgan fingerprint density at radius 3 is 2.40 bits per heavy atom. The lowest BCUT2D eigenvalue weighted by atomic mass is 10.3. The van der Waals surface area contributed by atoms with Gasteiger partial charge in [-0.25, -0.2) is 12.8 Å². The lowest BCUT2D eigenvalue weighted by Crippen LogP contribution is -2.14. The number of nitrogens with one attached hydrogen (secondary N) is 1. The highest BCUT2D eigenvalue weighted by atomic mass is 35.5. The average Bonchev–Trinajstić information content (AvgIpc) is 2.36. The molecular formula is C12H7Cl3FNO2S. The third-order valence-corrected chi connectivity index (χ3v) is 4.96. The Balaban J connectivity index is 2.44. The Hall–Kier alpha value is -1.01.